The van der Waals surface area contributed by atoms with Crippen LogP contribution >= 0.6 is 0 Å². The molecule has 0 bridgehead atoms. The number of hydrogen-bond acceptors (Lipinski definition) is 10. The van der Waals surface area contributed by atoms with Gasteiger partial charge in [0.1, 0.15) is 5.60 Å². The van der Waals surface area contributed by atoms with Gasteiger partial charge in [-0.05, 0) is 169 Å². The van der Waals surface area contributed by atoms with Crippen LogP contribution in [-0.2, 0) is 33.2 Å². The van der Waals surface area contributed by atoms with Crippen LogP contribution in [0.5, 0.6) is 0 Å². The second-order valence-corrected chi connectivity index (χ2v) is 24.5. The Hall–Kier alpha value is -0.950. The standard InChI is InChI=1S/C56H108O10/c1-18-19-20-21-22-23-24-25-26-27-28-29-30-31-32-33-46(57)55(14,15)66-41-40-62-52(8,9)42-44(53(10,11)63-37-34-49(2,3)58)48-47(56(16,17)65-39-36-51(6,7)60)45(43-61-48)54(12,13)64-38-35-50(4,5)59/h25-26,44-45,47-48,58-60H,18-24,27-43H2,1-17H3/b26-25-. The van der Waals surface area contributed by atoms with Crippen molar-refractivity contribution in [3.8, 4) is 0 Å². The van der Waals surface area contributed by atoms with Gasteiger partial charge in [0.2, 0.25) is 0 Å². The third-order valence-corrected chi connectivity index (χ3v) is 13.9. The molecule has 10 nitrogen and oxygen atoms in total. The number of ether oxygens (including phenoxy) is 6. The Labute approximate surface area is 406 Å². The van der Waals surface area contributed by atoms with Gasteiger partial charge in [-0.25, -0.2) is 0 Å². The van der Waals surface area contributed by atoms with Gasteiger partial charge in [-0.2, -0.15) is 0 Å². The molecule has 1 fully saturated rings. The maximum atomic E-state index is 13.3. The number of carbonyl (C=O) groups excluding carboxylic acids is 1. The summed E-state index contributed by atoms with van der Waals surface area (Å²) in [6, 6.07) is 0. The highest BCUT2D eigenvalue weighted by Crippen LogP contribution is 2.50. The van der Waals surface area contributed by atoms with Crippen LogP contribution in [0.4, 0.5) is 0 Å². The van der Waals surface area contributed by atoms with Crippen molar-refractivity contribution in [1.29, 1.82) is 0 Å². The van der Waals surface area contributed by atoms with E-state index in [4.69, 9.17) is 28.4 Å². The lowest BCUT2D eigenvalue weighted by molar-refractivity contribution is -0.175. The van der Waals surface area contributed by atoms with E-state index in [0.29, 0.717) is 65.1 Å². The number of rotatable bonds is 39. The molecule has 0 aromatic heterocycles. The van der Waals surface area contributed by atoms with E-state index in [-0.39, 0.29) is 36.2 Å². The predicted octanol–water partition coefficient (Wildman–Crippen LogP) is 12.7. The fourth-order valence-corrected chi connectivity index (χ4v) is 9.23. The second-order valence-electron chi connectivity index (χ2n) is 24.5. The lowest BCUT2D eigenvalue weighted by atomic mass is 9.65. The molecule has 3 N–H and O–H groups in total. The minimum atomic E-state index is -0.897. The Morgan fingerprint density at radius 1 is 0.561 bits per heavy atom. The maximum Gasteiger partial charge on any atom is 0.164 e. The largest absolute Gasteiger partial charge is 0.390 e. The fourth-order valence-electron chi connectivity index (χ4n) is 9.23. The Morgan fingerprint density at radius 2 is 1.00 bits per heavy atom. The zero-order valence-electron chi connectivity index (χ0n) is 46.1. The summed E-state index contributed by atoms with van der Waals surface area (Å²) >= 11 is 0. The quantitative estimate of drug-likeness (QED) is 0.0404. The summed E-state index contributed by atoms with van der Waals surface area (Å²) in [6.07, 6.45) is 22.8. The van der Waals surface area contributed by atoms with Crippen LogP contribution in [-0.4, -0.2) is 112 Å². The zero-order valence-corrected chi connectivity index (χ0v) is 46.1. The number of ketones is 1. The molecule has 1 saturated heterocycles. The van der Waals surface area contributed by atoms with Crippen molar-refractivity contribution in [2.45, 2.75) is 284 Å². The summed E-state index contributed by atoms with van der Waals surface area (Å²) in [5.74, 6) is -0.312. The maximum absolute atomic E-state index is 13.3. The topological polar surface area (TPSA) is 133 Å². The number of Topliss-reactive ketones (excluding diaryl/α,β-unsaturated/α-hetero) is 1. The van der Waals surface area contributed by atoms with Gasteiger partial charge >= 0.3 is 0 Å². The van der Waals surface area contributed by atoms with E-state index < -0.39 is 44.8 Å². The first-order valence-corrected chi connectivity index (χ1v) is 26.4. The van der Waals surface area contributed by atoms with Gasteiger partial charge in [0.15, 0.2) is 5.78 Å². The van der Waals surface area contributed by atoms with Crippen molar-refractivity contribution >= 4 is 5.78 Å². The van der Waals surface area contributed by atoms with Crippen LogP contribution in [0.2, 0.25) is 0 Å². The average molecular weight is 941 g/mol. The Balaban J connectivity index is 3.05. The van der Waals surface area contributed by atoms with Crippen molar-refractivity contribution in [1.82, 2.24) is 0 Å². The van der Waals surface area contributed by atoms with Crippen LogP contribution in [0.25, 0.3) is 0 Å². The van der Waals surface area contributed by atoms with Gasteiger partial charge in [-0.15, -0.1) is 0 Å². The van der Waals surface area contributed by atoms with Crippen LogP contribution in [0, 0.1) is 17.8 Å². The first kappa shape index (κ1) is 63.1. The molecule has 10 heteroatoms. The molecule has 0 aromatic carbocycles. The molecule has 0 saturated carbocycles. The molecule has 0 aliphatic carbocycles. The first-order valence-electron chi connectivity index (χ1n) is 26.4. The highest BCUT2D eigenvalue weighted by atomic mass is 16.6. The molecule has 0 radical (unpaired) electrons. The number of unbranched alkanes of at least 4 members (excludes halogenated alkanes) is 11. The number of carbonyl (C=O) groups is 1. The van der Waals surface area contributed by atoms with Crippen LogP contribution < -0.4 is 0 Å². The lowest BCUT2D eigenvalue weighted by Gasteiger charge is -2.48. The summed E-state index contributed by atoms with van der Waals surface area (Å²) in [6.45, 7) is 35.8. The van der Waals surface area contributed by atoms with Crippen molar-refractivity contribution in [3.05, 3.63) is 12.2 Å². The van der Waals surface area contributed by atoms with E-state index >= 15 is 0 Å². The summed E-state index contributed by atoms with van der Waals surface area (Å²) in [5.41, 5.74) is -6.20. The van der Waals surface area contributed by atoms with Crippen molar-refractivity contribution in [2.24, 2.45) is 17.8 Å². The highest BCUT2D eigenvalue weighted by molar-refractivity contribution is 5.86. The third kappa shape index (κ3) is 26.9. The van der Waals surface area contributed by atoms with E-state index in [9.17, 15) is 20.1 Å². The number of allylic oxidation sites excluding steroid dienone is 2. The zero-order chi connectivity index (χ0) is 50.5. The molecular formula is C56H108O10. The third-order valence-electron chi connectivity index (χ3n) is 13.9. The molecule has 0 aromatic rings. The van der Waals surface area contributed by atoms with Crippen LogP contribution in [0.1, 0.15) is 233 Å². The molecule has 1 aliphatic rings. The van der Waals surface area contributed by atoms with Gasteiger partial charge in [-0.1, -0.05) is 70.4 Å². The molecule has 1 heterocycles. The van der Waals surface area contributed by atoms with E-state index in [1.54, 1.807) is 41.5 Å². The minimum absolute atomic E-state index is 0.0832. The molecule has 4 unspecified atom stereocenters. The molecule has 66 heavy (non-hydrogen) atoms. The number of aliphatic hydroxyl groups is 3. The normalized spacial score (nSPS) is 19.1. The summed E-state index contributed by atoms with van der Waals surface area (Å²) in [4.78, 5) is 13.3. The van der Waals surface area contributed by atoms with Crippen LogP contribution in [0.15, 0.2) is 12.2 Å². The van der Waals surface area contributed by atoms with Gasteiger partial charge in [0, 0.05) is 24.2 Å². The van der Waals surface area contributed by atoms with Gasteiger partial charge in [-0.3, -0.25) is 4.79 Å². The molecule has 392 valence electrons. The fraction of sp³-hybridized carbons (Fsp3) is 0.946. The number of hydrogen-bond donors (Lipinski definition) is 3. The van der Waals surface area contributed by atoms with Gasteiger partial charge < -0.3 is 43.7 Å². The lowest BCUT2D eigenvalue weighted by Crippen LogP contribution is -2.55. The van der Waals surface area contributed by atoms with E-state index in [0.717, 1.165) is 25.7 Å². The van der Waals surface area contributed by atoms with Crippen molar-refractivity contribution < 1.29 is 48.5 Å². The van der Waals surface area contributed by atoms with E-state index in [1.165, 1.54) is 57.8 Å². The van der Waals surface area contributed by atoms with Crippen molar-refractivity contribution in [2.75, 3.05) is 39.6 Å². The SMILES string of the molecule is CCCCCCCC/C=C\CCCCCCCC(=O)C(C)(C)OCCOC(C)(C)CC(C1OCC(C(C)(C)OCCC(C)(C)O)C1C(C)(C)OCCC(C)(C)O)C(C)(C)OCCC(C)(C)O. The first-order chi connectivity index (χ1) is 30.3. The van der Waals surface area contributed by atoms with Gasteiger partial charge in [0.05, 0.1) is 85.0 Å². The molecular weight excluding hydrogens is 833 g/mol. The predicted molar refractivity (Wildman–Crippen MR) is 272 cm³/mol. The van der Waals surface area contributed by atoms with Crippen LogP contribution in [0.3, 0.4) is 0 Å². The smallest absolute Gasteiger partial charge is 0.164 e. The monoisotopic (exact) mass is 941 g/mol. The Morgan fingerprint density at radius 3 is 1.50 bits per heavy atom. The highest BCUT2D eigenvalue weighted by Gasteiger charge is 2.58. The second kappa shape index (κ2) is 28.8. The Kier molecular flexibility index (Phi) is 27.5. The van der Waals surface area contributed by atoms with E-state index in [2.05, 4.69) is 74.5 Å². The molecule has 1 rings (SSSR count). The summed E-state index contributed by atoms with van der Waals surface area (Å²) in [7, 11) is 0. The Bertz CT molecular complexity index is 1330. The van der Waals surface area contributed by atoms with Crippen molar-refractivity contribution in [3.63, 3.8) is 0 Å². The molecule has 0 spiro atoms. The van der Waals surface area contributed by atoms with Gasteiger partial charge in [0.25, 0.3) is 0 Å². The minimum Gasteiger partial charge on any atom is -0.390 e. The summed E-state index contributed by atoms with van der Waals surface area (Å²) < 4.78 is 39.9. The van der Waals surface area contributed by atoms with E-state index in [1.807, 2.05) is 13.8 Å². The molecule has 4 atom stereocenters. The molecule has 0 amide bonds. The summed E-state index contributed by atoms with van der Waals surface area (Å²) in [5, 5.41) is 31.7. The average Bonchev–Trinajstić information content (AvgIpc) is 3.62. The molecule has 1 aliphatic heterocycles.